The molecule has 5 rings (SSSR count). The quantitative estimate of drug-likeness (QED) is 0.364. The number of fused-ring (bicyclic) bond motifs is 1. The lowest BCUT2D eigenvalue weighted by molar-refractivity contribution is 0.128. The minimum atomic E-state index is -0.743. The van der Waals surface area contributed by atoms with Crippen LogP contribution in [0.25, 0.3) is 22.2 Å². The largest absolute Gasteiger partial charge is 0.488 e. The smallest absolute Gasteiger partial charge is 0.143 e. The van der Waals surface area contributed by atoms with Crippen molar-refractivity contribution in [2.75, 3.05) is 26.5 Å². The highest BCUT2D eigenvalue weighted by Crippen LogP contribution is 2.37. The zero-order valence-corrected chi connectivity index (χ0v) is 22.7. The Hall–Kier alpha value is -3.97. The van der Waals surface area contributed by atoms with Crippen LogP contribution < -0.4 is 10.1 Å². The van der Waals surface area contributed by atoms with E-state index < -0.39 is 5.54 Å². The Morgan fingerprint density at radius 2 is 1.97 bits per heavy atom. The van der Waals surface area contributed by atoms with E-state index in [-0.39, 0.29) is 12.1 Å². The van der Waals surface area contributed by atoms with E-state index in [9.17, 15) is 5.26 Å². The van der Waals surface area contributed by atoms with Gasteiger partial charge in [0.05, 0.1) is 35.6 Å². The van der Waals surface area contributed by atoms with Crippen molar-refractivity contribution in [3.05, 3.63) is 48.7 Å². The summed E-state index contributed by atoms with van der Waals surface area (Å²) in [6, 6.07) is 8.56. The van der Waals surface area contributed by atoms with Crippen LogP contribution in [0.4, 0.5) is 5.82 Å². The third-order valence-electron chi connectivity index (χ3n) is 7.15. The van der Waals surface area contributed by atoms with Crippen molar-refractivity contribution in [2.45, 2.75) is 63.8 Å². The van der Waals surface area contributed by atoms with Crippen LogP contribution in [-0.2, 0) is 12.1 Å². The van der Waals surface area contributed by atoms with Gasteiger partial charge in [-0.25, -0.2) is 4.98 Å². The zero-order valence-electron chi connectivity index (χ0n) is 22.7. The van der Waals surface area contributed by atoms with E-state index >= 15 is 0 Å². The van der Waals surface area contributed by atoms with Crippen LogP contribution in [0.3, 0.4) is 0 Å². The lowest BCUT2D eigenvalue weighted by Crippen LogP contribution is -2.27. The molecule has 1 fully saturated rings. The van der Waals surface area contributed by atoms with Gasteiger partial charge in [0.2, 0.25) is 0 Å². The van der Waals surface area contributed by atoms with E-state index in [2.05, 4.69) is 42.1 Å². The van der Waals surface area contributed by atoms with E-state index in [1.807, 2.05) is 65.7 Å². The second-order valence-corrected chi connectivity index (χ2v) is 10.7. The van der Waals surface area contributed by atoms with Crippen molar-refractivity contribution in [2.24, 2.45) is 0 Å². The predicted molar refractivity (Wildman–Crippen MR) is 147 cm³/mol. The fraction of sp³-hybridized carbons (Fsp3) is 0.464. The molecule has 1 saturated carbocycles. The number of nitriles is 1. The minimum Gasteiger partial charge on any atom is -0.488 e. The molecule has 1 aliphatic carbocycles. The summed E-state index contributed by atoms with van der Waals surface area (Å²) in [5.41, 5.74) is 2.97. The number of ether oxygens (including phenoxy) is 1. The first kappa shape index (κ1) is 25.7. The molecule has 0 radical (unpaired) electrons. The minimum absolute atomic E-state index is 0.152. The molecular formula is C28H35N9O. The highest BCUT2D eigenvalue weighted by atomic mass is 16.5. The Balaban J connectivity index is 1.40. The summed E-state index contributed by atoms with van der Waals surface area (Å²) in [6.45, 7) is 4.44. The summed E-state index contributed by atoms with van der Waals surface area (Å²) in [6.07, 6.45) is 11.3. The molecule has 0 amide bonds. The summed E-state index contributed by atoms with van der Waals surface area (Å²) in [4.78, 5) is 11.2. The molecule has 0 aromatic carbocycles. The van der Waals surface area contributed by atoms with Gasteiger partial charge in [-0.2, -0.15) is 15.5 Å². The fourth-order valence-electron chi connectivity index (χ4n) is 5.00. The average Bonchev–Trinajstić information content (AvgIpc) is 3.55. The van der Waals surface area contributed by atoms with Crippen molar-refractivity contribution >= 4 is 16.7 Å². The van der Waals surface area contributed by atoms with Crippen molar-refractivity contribution in [3.63, 3.8) is 0 Å². The number of hydrogen-bond acceptors (Lipinski definition) is 8. The fourth-order valence-corrected chi connectivity index (χ4v) is 5.00. The maximum absolute atomic E-state index is 9.54. The van der Waals surface area contributed by atoms with E-state index in [1.165, 1.54) is 0 Å². The van der Waals surface area contributed by atoms with E-state index in [4.69, 9.17) is 9.84 Å². The van der Waals surface area contributed by atoms with Gasteiger partial charge in [-0.3, -0.25) is 14.3 Å². The number of nitrogens with one attached hydrogen (secondary N) is 1. The van der Waals surface area contributed by atoms with Crippen LogP contribution in [0, 0.1) is 11.3 Å². The topological polar surface area (TPSA) is 110 Å². The number of pyridine rings is 2. The van der Waals surface area contributed by atoms with Crippen molar-refractivity contribution in [1.29, 1.82) is 5.26 Å². The highest BCUT2D eigenvalue weighted by molar-refractivity contribution is 5.93. The summed E-state index contributed by atoms with van der Waals surface area (Å²) in [5.74, 6) is 1.67. The molecule has 0 bridgehead atoms. The molecule has 38 heavy (non-hydrogen) atoms. The second-order valence-electron chi connectivity index (χ2n) is 10.7. The Morgan fingerprint density at radius 1 is 1.18 bits per heavy atom. The van der Waals surface area contributed by atoms with Gasteiger partial charge in [0.1, 0.15) is 22.8 Å². The molecular weight excluding hydrogens is 478 g/mol. The molecule has 0 atom stereocenters. The van der Waals surface area contributed by atoms with Gasteiger partial charge >= 0.3 is 0 Å². The first-order valence-electron chi connectivity index (χ1n) is 13.1. The number of anilines is 1. The first-order valence-corrected chi connectivity index (χ1v) is 13.1. The first-order chi connectivity index (χ1) is 18.3. The summed E-state index contributed by atoms with van der Waals surface area (Å²) < 4.78 is 10.3. The van der Waals surface area contributed by atoms with Crippen LogP contribution in [0.2, 0.25) is 0 Å². The number of nitrogens with zero attached hydrogens (tertiary/aromatic N) is 8. The van der Waals surface area contributed by atoms with Gasteiger partial charge < -0.3 is 15.0 Å². The van der Waals surface area contributed by atoms with Gasteiger partial charge in [-0.1, -0.05) is 0 Å². The number of hydrogen-bond donors (Lipinski definition) is 1. The Kier molecular flexibility index (Phi) is 7.04. The normalized spacial score (nSPS) is 18.0. The number of aromatic nitrogens is 6. The standard InChI is InChI=1S/C28H35N9O/c1-28(2,18-29)36-16-19(14-33-36)27-22-15-32-26(30-3)13-24(22)37(34-27)20-8-10-21(11-9-20)38-25-7-6-12-31-23(25)17-35(4)5/h6-7,12-16,20-21H,8-11,17H2,1-5H3,(H,30,32). The highest BCUT2D eigenvalue weighted by Gasteiger charge is 2.28. The molecule has 0 unspecified atom stereocenters. The number of rotatable bonds is 8. The van der Waals surface area contributed by atoms with Crippen molar-refractivity contribution < 1.29 is 4.74 Å². The lowest BCUT2D eigenvalue weighted by Gasteiger charge is -2.30. The third-order valence-corrected chi connectivity index (χ3v) is 7.15. The molecule has 0 spiro atoms. The zero-order chi connectivity index (χ0) is 26.9. The van der Waals surface area contributed by atoms with Gasteiger partial charge in [0.25, 0.3) is 0 Å². The van der Waals surface area contributed by atoms with Crippen LogP contribution >= 0.6 is 0 Å². The molecule has 4 heterocycles. The average molecular weight is 514 g/mol. The lowest BCUT2D eigenvalue weighted by atomic mass is 9.93. The summed E-state index contributed by atoms with van der Waals surface area (Å²) in [7, 11) is 5.95. The van der Waals surface area contributed by atoms with Gasteiger partial charge in [-0.15, -0.1) is 0 Å². The van der Waals surface area contributed by atoms with Crippen LogP contribution in [0.15, 0.2) is 43.0 Å². The molecule has 4 aromatic heterocycles. The van der Waals surface area contributed by atoms with Crippen LogP contribution in [0.1, 0.15) is 51.3 Å². The molecule has 1 aliphatic rings. The SMILES string of the molecule is CNc1cc2c(cn1)c(-c1cnn(C(C)(C)C#N)c1)nn2C1CCC(Oc2cccnc2CN(C)C)CC1. The maximum Gasteiger partial charge on any atom is 0.143 e. The third kappa shape index (κ3) is 5.07. The van der Waals surface area contributed by atoms with Gasteiger partial charge in [0, 0.05) is 49.2 Å². The van der Waals surface area contributed by atoms with Crippen molar-refractivity contribution in [3.8, 4) is 23.1 Å². The van der Waals surface area contributed by atoms with Gasteiger partial charge in [-0.05, 0) is 65.8 Å². The monoisotopic (exact) mass is 513 g/mol. The summed E-state index contributed by atoms with van der Waals surface area (Å²) in [5, 5.41) is 23.2. The molecule has 4 aromatic rings. The Labute approximate surface area is 223 Å². The van der Waals surface area contributed by atoms with E-state index in [0.29, 0.717) is 0 Å². The second kappa shape index (κ2) is 10.4. The molecule has 0 saturated heterocycles. The molecule has 10 heteroatoms. The Morgan fingerprint density at radius 3 is 2.68 bits per heavy atom. The molecule has 1 N–H and O–H groups in total. The Bertz CT molecular complexity index is 1450. The summed E-state index contributed by atoms with van der Waals surface area (Å²) >= 11 is 0. The van der Waals surface area contributed by atoms with E-state index in [1.54, 1.807) is 10.9 Å². The van der Waals surface area contributed by atoms with E-state index in [0.717, 1.165) is 71.6 Å². The molecule has 0 aliphatic heterocycles. The molecule has 10 nitrogen and oxygen atoms in total. The van der Waals surface area contributed by atoms with Gasteiger partial charge in [0.15, 0.2) is 0 Å². The maximum atomic E-state index is 9.54. The van der Waals surface area contributed by atoms with Crippen LogP contribution in [-0.4, -0.2) is 61.7 Å². The van der Waals surface area contributed by atoms with Crippen LogP contribution in [0.5, 0.6) is 5.75 Å². The van der Waals surface area contributed by atoms with Crippen molar-refractivity contribution in [1.82, 2.24) is 34.4 Å². The predicted octanol–water partition coefficient (Wildman–Crippen LogP) is 4.61. The molecule has 198 valence electrons.